The third-order valence-corrected chi connectivity index (χ3v) is 3.07. The second-order valence-electron chi connectivity index (χ2n) is 3.78. The molecule has 0 radical (unpaired) electrons. The van der Waals surface area contributed by atoms with E-state index in [2.05, 4.69) is 21.2 Å². The summed E-state index contributed by atoms with van der Waals surface area (Å²) in [4.78, 5) is 0. The third-order valence-electron chi connectivity index (χ3n) is 2.46. The molecular formula is C13H8BrF2N3. The molecule has 0 saturated heterocycles. The SMILES string of the molecule is N#Cc1ccc(N)c(Nc2cc(F)c(Br)cc2F)c1. The molecule has 0 atom stereocenters. The first-order chi connectivity index (χ1) is 9.01. The van der Waals surface area contributed by atoms with Gasteiger partial charge in [-0.2, -0.15) is 5.26 Å². The molecule has 0 aliphatic heterocycles. The van der Waals surface area contributed by atoms with Crippen molar-refractivity contribution >= 4 is 33.0 Å². The van der Waals surface area contributed by atoms with Crippen molar-refractivity contribution in [3.05, 3.63) is 52.0 Å². The smallest absolute Gasteiger partial charge is 0.147 e. The molecule has 0 aromatic heterocycles. The van der Waals surface area contributed by atoms with Crippen molar-refractivity contribution in [1.29, 1.82) is 5.26 Å². The van der Waals surface area contributed by atoms with E-state index in [0.717, 1.165) is 12.1 Å². The first-order valence-corrected chi connectivity index (χ1v) is 6.01. The molecule has 0 saturated carbocycles. The molecule has 0 aliphatic rings. The van der Waals surface area contributed by atoms with Crippen molar-refractivity contribution in [3.8, 4) is 6.07 Å². The van der Waals surface area contributed by atoms with Gasteiger partial charge in [-0.3, -0.25) is 0 Å². The Morgan fingerprint density at radius 3 is 2.53 bits per heavy atom. The Bertz CT molecular complexity index is 680. The molecule has 3 nitrogen and oxygen atoms in total. The number of nitrogen functional groups attached to an aromatic ring is 1. The first kappa shape index (κ1) is 13.3. The number of anilines is 3. The van der Waals surface area contributed by atoms with E-state index in [0.29, 0.717) is 16.9 Å². The largest absolute Gasteiger partial charge is 0.397 e. The molecule has 3 N–H and O–H groups in total. The van der Waals surface area contributed by atoms with Gasteiger partial charge < -0.3 is 11.1 Å². The van der Waals surface area contributed by atoms with Crippen LogP contribution in [0.4, 0.5) is 25.8 Å². The van der Waals surface area contributed by atoms with Crippen LogP contribution in [0.25, 0.3) is 0 Å². The van der Waals surface area contributed by atoms with E-state index in [1.807, 2.05) is 6.07 Å². The Morgan fingerprint density at radius 1 is 1.11 bits per heavy atom. The van der Waals surface area contributed by atoms with Crippen LogP contribution in [0.3, 0.4) is 0 Å². The molecular weight excluding hydrogens is 316 g/mol. The van der Waals surface area contributed by atoms with E-state index in [4.69, 9.17) is 11.0 Å². The number of benzene rings is 2. The Kier molecular flexibility index (Phi) is 3.67. The molecule has 0 heterocycles. The van der Waals surface area contributed by atoms with Crippen LogP contribution in [0, 0.1) is 23.0 Å². The molecule has 0 aliphatic carbocycles. The summed E-state index contributed by atoms with van der Waals surface area (Å²) in [6, 6.07) is 8.50. The maximum Gasteiger partial charge on any atom is 0.147 e. The highest BCUT2D eigenvalue weighted by atomic mass is 79.9. The van der Waals surface area contributed by atoms with Crippen LogP contribution in [0.15, 0.2) is 34.8 Å². The zero-order chi connectivity index (χ0) is 14.0. The minimum atomic E-state index is -0.630. The zero-order valence-electron chi connectivity index (χ0n) is 9.55. The third kappa shape index (κ3) is 2.83. The van der Waals surface area contributed by atoms with Crippen molar-refractivity contribution in [3.63, 3.8) is 0 Å². The lowest BCUT2D eigenvalue weighted by Gasteiger charge is -2.11. The molecule has 0 fully saturated rings. The molecule has 6 heteroatoms. The number of nitrogens with two attached hydrogens (primary N) is 1. The molecule has 0 amide bonds. The van der Waals surface area contributed by atoms with Gasteiger partial charge in [-0.1, -0.05) is 0 Å². The van der Waals surface area contributed by atoms with Gasteiger partial charge in [0.15, 0.2) is 0 Å². The average Bonchev–Trinajstić information content (AvgIpc) is 2.38. The number of hydrogen-bond acceptors (Lipinski definition) is 3. The lowest BCUT2D eigenvalue weighted by Crippen LogP contribution is -1.99. The van der Waals surface area contributed by atoms with Crippen molar-refractivity contribution in [1.82, 2.24) is 0 Å². The Labute approximate surface area is 116 Å². The second kappa shape index (κ2) is 5.24. The van der Waals surface area contributed by atoms with Gasteiger partial charge >= 0.3 is 0 Å². The standard InChI is InChI=1S/C13H8BrF2N3/c14-8-4-10(16)12(5-9(8)15)19-13-3-7(6-17)1-2-11(13)18/h1-5,19H,18H2. The van der Waals surface area contributed by atoms with Crippen molar-refractivity contribution in [2.24, 2.45) is 0 Å². The Hall–Kier alpha value is -2.13. The fourth-order valence-corrected chi connectivity index (χ4v) is 1.81. The molecule has 0 spiro atoms. The molecule has 0 bridgehead atoms. The van der Waals surface area contributed by atoms with Crippen LogP contribution < -0.4 is 11.1 Å². The molecule has 2 aromatic carbocycles. The minimum Gasteiger partial charge on any atom is -0.397 e. The lowest BCUT2D eigenvalue weighted by molar-refractivity contribution is 0.598. The highest BCUT2D eigenvalue weighted by Crippen LogP contribution is 2.29. The van der Waals surface area contributed by atoms with Crippen molar-refractivity contribution in [2.45, 2.75) is 0 Å². The number of halogens is 3. The van der Waals surface area contributed by atoms with Gasteiger partial charge in [-0.15, -0.1) is 0 Å². The van der Waals surface area contributed by atoms with Gasteiger partial charge in [-0.05, 0) is 40.2 Å². The number of hydrogen-bond donors (Lipinski definition) is 2. The quantitative estimate of drug-likeness (QED) is 0.650. The number of rotatable bonds is 2. The Balaban J connectivity index is 2.42. The summed E-state index contributed by atoms with van der Waals surface area (Å²) in [6.07, 6.45) is 0. The highest BCUT2D eigenvalue weighted by Gasteiger charge is 2.10. The molecule has 96 valence electrons. The molecule has 0 unspecified atom stereocenters. The average molecular weight is 324 g/mol. The van der Waals surface area contributed by atoms with Crippen LogP contribution in [-0.2, 0) is 0 Å². The van der Waals surface area contributed by atoms with Crippen LogP contribution in [-0.4, -0.2) is 0 Å². The summed E-state index contributed by atoms with van der Waals surface area (Å²) in [5, 5.41) is 11.5. The van der Waals surface area contributed by atoms with Gasteiger partial charge in [-0.25, -0.2) is 8.78 Å². The van der Waals surface area contributed by atoms with E-state index >= 15 is 0 Å². The summed E-state index contributed by atoms with van der Waals surface area (Å²) in [6.45, 7) is 0. The fourth-order valence-electron chi connectivity index (χ4n) is 1.50. The van der Waals surface area contributed by atoms with Gasteiger partial charge in [0.2, 0.25) is 0 Å². The summed E-state index contributed by atoms with van der Waals surface area (Å²) in [5.41, 5.74) is 6.71. The van der Waals surface area contributed by atoms with E-state index in [1.165, 1.54) is 12.1 Å². The summed E-state index contributed by atoms with van der Waals surface area (Å²) >= 11 is 2.89. The monoisotopic (exact) mass is 323 g/mol. The second-order valence-corrected chi connectivity index (χ2v) is 4.64. The fraction of sp³-hybridized carbons (Fsp3) is 0. The predicted octanol–water partition coefficient (Wildman–Crippen LogP) is 3.92. The number of nitriles is 1. The van der Waals surface area contributed by atoms with Crippen LogP contribution in [0.2, 0.25) is 0 Å². The van der Waals surface area contributed by atoms with E-state index in [-0.39, 0.29) is 10.2 Å². The van der Waals surface area contributed by atoms with E-state index in [1.54, 1.807) is 6.07 Å². The van der Waals surface area contributed by atoms with Gasteiger partial charge in [0.1, 0.15) is 11.6 Å². The Morgan fingerprint density at radius 2 is 1.84 bits per heavy atom. The minimum absolute atomic E-state index is 0.0364. The summed E-state index contributed by atoms with van der Waals surface area (Å²) in [7, 11) is 0. The van der Waals surface area contributed by atoms with Crippen molar-refractivity contribution < 1.29 is 8.78 Å². The molecule has 2 aromatic rings. The zero-order valence-corrected chi connectivity index (χ0v) is 11.1. The maximum absolute atomic E-state index is 13.7. The van der Waals surface area contributed by atoms with Crippen LogP contribution in [0.5, 0.6) is 0 Å². The topological polar surface area (TPSA) is 61.8 Å². The normalized spacial score (nSPS) is 10.0. The number of nitrogens with zero attached hydrogens (tertiary/aromatic N) is 1. The van der Waals surface area contributed by atoms with Crippen LogP contribution >= 0.6 is 15.9 Å². The van der Waals surface area contributed by atoms with Crippen molar-refractivity contribution in [2.75, 3.05) is 11.1 Å². The number of nitrogens with one attached hydrogen (secondary N) is 1. The van der Waals surface area contributed by atoms with E-state index in [9.17, 15) is 8.78 Å². The molecule has 19 heavy (non-hydrogen) atoms. The molecule has 2 rings (SSSR count). The summed E-state index contributed by atoms with van der Waals surface area (Å²) in [5.74, 6) is -1.23. The van der Waals surface area contributed by atoms with Gasteiger partial charge in [0.25, 0.3) is 0 Å². The summed E-state index contributed by atoms with van der Waals surface area (Å²) < 4.78 is 27.1. The first-order valence-electron chi connectivity index (χ1n) is 5.22. The lowest BCUT2D eigenvalue weighted by atomic mass is 10.2. The van der Waals surface area contributed by atoms with Gasteiger partial charge in [0.05, 0.1) is 33.2 Å². The predicted molar refractivity (Wildman–Crippen MR) is 72.9 cm³/mol. The van der Waals surface area contributed by atoms with E-state index < -0.39 is 11.6 Å². The van der Waals surface area contributed by atoms with Crippen LogP contribution in [0.1, 0.15) is 5.56 Å². The van der Waals surface area contributed by atoms with Gasteiger partial charge in [0, 0.05) is 6.07 Å². The highest BCUT2D eigenvalue weighted by molar-refractivity contribution is 9.10. The maximum atomic E-state index is 13.7.